The summed E-state index contributed by atoms with van der Waals surface area (Å²) in [6.45, 7) is 3.70. The minimum absolute atomic E-state index is 0.00217. The normalized spacial score (nSPS) is 24.9. The van der Waals surface area contributed by atoms with Gasteiger partial charge in [0.15, 0.2) is 24.8 Å². The fourth-order valence-electron chi connectivity index (χ4n) is 12.6. The largest absolute Gasteiger partial charge is 0.454 e. The van der Waals surface area contributed by atoms with E-state index in [4.69, 9.17) is 71.1 Å². The van der Waals surface area contributed by atoms with E-state index in [1.165, 1.54) is 25.6 Å². The van der Waals surface area contributed by atoms with Crippen molar-refractivity contribution < 1.29 is 80.6 Å². The molecule has 9 aromatic rings. The third-order valence-electron chi connectivity index (χ3n) is 17.6. The predicted octanol–water partition coefficient (Wildman–Crippen LogP) is 14.2. The van der Waals surface area contributed by atoms with Crippen molar-refractivity contribution in [1.29, 1.82) is 0 Å². The Balaban J connectivity index is 0.951. The molecule has 0 bridgehead atoms. The van der Waals surface area contributed by atoms with Crippen molar-refractivity contribution in [2.75, 3.05) is 19.8 Å². The molecule has 9 aromatic carbocycles. The molecule has 18 heteroatoms. The molecule has 3 saturated heterocycles. The number of esters is 2. The van der Waals surface area contributed by atoms with Crippen molar-refractivity contribution in [3.63, 3.8) is 0 Å². The SMILES string of the molecule is CC(=O)OC1[C@H](OCC2O[C@@H](Sc3ccccc3)C(OCc3ccccc3)[C@@H](O[C@@H]3OC(COCc4ccccc4)[C@H](OCc4ccccc4)[C@H](OCc4ccccc4)C3OC(C)=O)[C@H]2OCc2ccccc2)OC(COCc2ccccc2)[C@H](OCc2ccccc2)[C@@H]1OCc1ccccc1. The number of carbonyl (C=O) groups excluding carboxylic acids is 2. The molecule has 0 N–H and O–H groups in total. The molecule has 0 radical (unpaired) electrons. The lowest BCUT2D eigenvalue weighted by molar-refractivity contribution is -0.358. The number of thioether (sulfide) groups is 1. The monoisotopic (exact) mass is 1400 g/mol. The van der Waals surface area contributed by atoms with Crippen LogP contribution in [-0.4, -0.2) is 123 Å². The zero-order chi connectivity index (χ0) is 69.9. The van der Waals surface area contributed by atoms with Crippen LogP contribution in [0.4, 0.5) is 0 Å². The maximum atomic E-state index is 13.9. The third kappa shape index (κ3) is 21.7. The number of rotatable bonds is 35. The molecule has 0 saturated carbocycles. The Hall–Kier alpha value is -8.25. The van der Waals surface area contributed by atoms with Gasteiger partial charge in [-0.05, 0) is 56.6 Å². The Kier molecular flexibility index (Phi) is 28.0. The number of hydrogen-bond acceptors (Lipinski definition) is 18. The molecule has 17 nitrogen and oxygen atoms in total. The number of carbonyl (C=O) groups is 2. The van der Waals surface area contributed by atoms with Gasteiger partial charge in [-0.1, -0.05) is 273 Å². The Morgan fingerprint density at radius 3 is 0.902 bits per heavy atom. The molecular weight excluding hydrogens is 1310 g/mol. The van der Waals surface area contributed by atoms with Gasteiger partial charge >= 0.3 is 11.9 Å². The highest BCUT2D eigenvalue weighted by atomic mass is 32.2. The van der Waals surface area contributed by atoms with Crippen LogP contribution in [0, 0.1) is 0 Å². The van der Waals surface area contributed by atoms with Crippen molar-refractivity contribution in [1.82, 2.24) is 0 Å². The number of hydrogen-bond donors (Lipinski definition) is 0. The van der Waals surface area contributed by atoms with Gasteiger partial charge in [0.05, 0.1) is 72.7 Å². The quantitative estimate of drug-likeness (QED) is 0.0343. The van der Waals surface area contributed by atoms with Crippen LogP contribution in [0.25, 0.3) is 0 Å². The summed E-state index contributed by atoms with van der Waals surface area (Å²) >= 11 is 1.43. The van der Waals surface area contributed by atoms with E-state index in [2.05, 4.69) is 0 Å². The van der Waals surface area contributed by atoms with E-state index in [1.807, 2.05) is 273 Å². The van der Waals surface area contributed by atoms with Crippen LogP contribution in [0.15, 0.2) is 278 Å². The minimum atomic E-state index is -1.42. The summed E-state index contributed by atoms with van der Waals surface area (Å²) < 4.78 is 105. The average molecular weight is 1400 g/mol. The van der Waals surface area contributed by atoms with Crippen molar-refractivity contribution in [3.8, 4) is 0 Å². The molecule has 102 heavy (non-hydrogen) atoms. The van der Waals surface area contributed by atoms with Crippen LogP contribution in [0.5, 0.6) is 0 Å². The van der Waals surface area contributed by atoms with Crippen LogP contribution in [0.2, 0.25) is 0 Å². The lowest BCUT2D eigenvalue weighted by Crippen LogP contribution is -2.66. The molecule has 0 aliphatic carbocycles. The summed E-state index contributed by atoms with van der Waals surface area (Å²) in [5.74, 6) is -1.22. The molecule has 0 amide bonds. The Bertz CT molecular complexity index is 3840. The van der Waals surface area contributed by atoms with E-state index < -0.39 is 103 Å². The lowest BCUT2D eigenvalue weighted by atomic mass is 9.96. The molecule has 3 heterocycles. The van der Waals surface area contributed by atoms with Crippen LogP contribution in [-0.2, 0) is 133 Å². The van der Waals surface area contributed by atoms with E-state index in [1.54, 1.807) is 0 Å². The van der Waals surface area contributed by atoms with E-state index in [-0.39, 0.29) is 72.7 Å². The van der Waals surface area contributed by atoms with E-state index in [0.29, 0.717) is 0 Å². The highest BCUT2D eigenvalue weighted by molar-refractivity contribution is 7.99. The maximum absolute atomic E-state index is 13.9. The van der Waals surface area contributed by atoms with Gasteiger partial charge in [0.25, 0.3) is 0 Å². The molecule has 0 spiro atoms. The number of benzene rings is 9. The van der Waals surface area contributed by atoms with Gasteiger partial charge in [-0.2, -0.15) is 0 Å². The van der Waals surface area contributed by atoms with Crippen LogP contribution >= 0.6 is 11.8 Å². The smallest absolute Gasteiger partial charge is 0.303 e. The fourth-order valence-corrected chi connectivity index (χ4v) is 13.8. The molecule has 3 aliphatic heterocycles. The van der Waals surface area contributed by atoms with Gasteiger partial charge in [-0.3, -0.25) is 9.59 Å². The van der Waals surface area contributed by atoms with Crippen molar-refractivity contribution in [3.05, 3.63) is 317 Å². The molecule has 3 fully saturated rings. The summed E-state index contributed by atoms with van der Waals surface area (Å²) in [5, 5.41) is 0. The van der Waals surface area contributed by atoms with Crippen molar-refractivity contribution >= 4 is 23.7 Å². The zero-order valence-corrected chi connectivity index (χ0v) is 58.1. The van der Waals surface area contributed by atoms with Gasteiger partial charge in [-0.25, -0.2) is 0 Å². The summed E-state index contributed by atoms with van der Waals surface area (Å²) in [5.41, 5.74) is 6.29. The third-order valence-corrected chi connectivity index (χ3v) is 18.7. The first kappa shape index (κ1) is 73.5. The standard InChI is InChI=1S/C84H88O17S/c1-59(85)96-79-76(92-53-66-40-22-8-23-41-66)73(89-50-63-34-16-5-17-35-63)70(56-87-48-61-30-12-3-13-31-61)98-82(79)95-58-72-75(91-52-65-38-20-7-21-39-65)78(81(94-55-68-44-26-10-27-45-68)84(100-72)102-69-46-28-11-29-47-69)101-83-80(97-60(2)86)77(93-54-67-42-24-9-25-43-67)74(90-51-64-36-18-6-19-37-64)71(99-83)57-88-49-62-32-14-4-15-33-62/h3-47,70-84H,48-58H2,1-2H3/t70?,71?,72?,73-,74-,75-,76-,77-,78-,79?,80?,81?,82+,83-,84-/m0/s1. The highest BCUT2D eigenvalue weighted by Gasteiger charge is 2.57. The second-order valence-electron chi connectivity index (χ2n) is 25.2. The summed E-state index contributed by atoms with van der Waals surface area (Å²) in [4.78, 5) is 28.5. The molecular formula is C84H88O17S. The van der Waals surface area contributed by atoms with Crippen molar-refractivity contribution in [2.24, 2.45) is 0 Å². The highest BCUT2D eigenvalue weighted by Crippen LogP contribution is 2.42. The first-order chi connectivity index (χ1) is 50.2. The first-order valence-corrected chi connectivity index (χ1v) is 35.6. The second kappa shape index (κ2) is 38.9. The zero-order valence-electron chi connectivity index (χ0n) is 57.3. The molecule has 6 unspecified atom stereocenters. The summed E-state index contributed by atoms with van der Waals surface area (Å²) in [6.07, 6.45) is -15.1. The second-order valence-corrected chi connectivity index (χ2v) is 26.4. The molecule has 15 atom stereocenters. The summed E-state index contributed by atoms with van der Waals surface area (Å²) in [7, 11) is 0. The fraction of sp³-hybridized carbons (Fsp3) is 0.333. The first-order valence-electron chi connectivity index (χ1n) is 34.7. The molecule has 12 rings (SSSR count). The molecule has 3 aliphatic rings. The van der Waals surface area contributed by atoms with E-state index >= 15 is 0 Å². The van der Waals surface area contributed by atoms with Crippen molar-refractivity contribution in [2.45, 2.75) is 163 Å². The molecule has 532 valence electrons. The Labute approximate surface area is 601 Å². The van der Waals surface area contributed by atoms with E-state index in [9.17, 15) is 9.59 Å². The van der Waals surface area contributed by atoms with Gasteiger partial charge in [0.1, 0.15) is 66.5 Å². The maximum Gasteiger partial charge on any atom is 0.303 e. The van der Waals surface area contributed by atoms with Crippen LogP contribution < -0.4 is 0 Å². The summed E-state index contributed by atoms with van der Waals surface area (Å²) in [6, 6.07) is 88.3. The van der Waals surface area contributed by atoms with E-state index in [0.717, 1.165) is 49.4 Å². The minimum Gasteiger partial charge on any atom is -0.454 e. The average Bonchev–Trinajstić information content (AvgIpc) is 0.767. The Morgan fingerprint density at radius 1 is 0.284 bits per heavy atom. The Morgan fingerprint density at radius 2 is 0.559 bits per heavy atom. The predicted molar refractivity (Wildman–Crippen MR) is 383 cm³/mol. The van der Waals surface area contributed by atoms with Gasteiger partial charge in [-0.15, -0.1) is 0 Å². The van der Waals surface area contributed by atoms with Crippen LogP contribution in [0.3, 0.4) is 0 Å². The topological polar surface area (TPSA) is 173 Å². The lowest BCUT2D eigenvalue weighted by Gasteiger charge is -2.50. The van der Waals surface area contributed by atoms with Gasteiger partial charge in [0.2, 0.25) is 0 Å². The number of ether oxygens (including phenoxy) is 15. The van der Waals surface area contributed by atoms with Gasteiger partial charge in [0, 0.05) is 18.7 Å². The van der Waals surface area contributed by atoms with Crippen LogP contribution in [0.1, 0.15) is 58.4 Å². The molecule has 0 aromatic heterocycles. The van der Waals surface area contributed by atoms with Gasteiger partial charge < -0.3 is 71.1 Å².